The van der Waals surface area contributed by atoms with E-state index in [-0.39, 0.29) is 6.04 Å². The molecule has 21 heavy (non-hydrogen) atoms. The molecule has 1 saturated heterocycles. The number of nitrogens with zero attached hydrogens (tertiary/aromatic N) is 1. The highest BCUT2D eigenvalue weighted by molar-refractivity contribution is 5.96. The summed E-state index contributed by atoms with van der Waals surface area (Å²) in [4.78, 5) is 2.03. The first-order chi connectivity index (χ1) is 10.1. The summed E-state index contributed by atoms with van der Waals surface area (Å²) in [6, 6.07) is 7.88. The molecule has 3 N–H and O–H groups in total. The second kappa shape index (κ2) is 7.11. The zero-order chi connectivity index (χ0) is 15.2. The molecule has 0 bridgehead atoms. The van der Waals surface area contributed by atoms with Gasteiger partial charge in [0.05, 0.1) is 12.4 Å². The Hall–Kier alpha value is -2.04. The molecule has 0 unspecified atom stereocenters. The number of nitrogens with one attached hydrogen (secondary N) is 3. The van der Waals surface area contributed by atoms with Crippen LogP contribution in [0, 0.1) is 10.8 Å². The van der Waals surface area contributed by atoms with Gasteiger partial charge < -0.3 is 15.0 Å². The second-order valence-electron chi connectivity index (χ2n) is 5.41. The smallest absolute Gasteiger partial charge is 0.125 e. The summed E-state index contributed by atoms with van der Waals surface area (Å²) in [5.41, 5.74) is 0.865. The van der Waals surface area contributed by atoms with Crippen LogP contribution in [0.3, 0.4) is 0 Å². The Bertz CT molecular complexity index is 498. The van der Waals surface area contributed by atoms with E-state index in [1.807, 2.05) is 36.1 Å². The van der Waals surface area contributed by atoms with Gasteiger partial charge in [0.25, 0.3) is 0 Å². The standard InChI is InChI=1S/C16H24N4O/c1-3-10-21-15-6-4-13(5-7-15)16(18)19-14-8-9-20(11-14)12(2)17/h4-7,14,17H,3,8-11H2,1-2H3,(H2,18,19)/t14-/m0/s1. The van der Waals surface area contributed by atoms with Crippen LogP contribution in [0.15, 0.2) is 24.3 Å². The van der Waals surface area contributed by atoms with Crippen molar-refractivity contribution in [3.8, 4) is 5.75 Å². The zero-order valence-corrected chi connectivity index (χ0v) is 12.8. The van der Waals surface area contributed by atoms with E-state index in [1.54, 1.807) is 0 Å². The van der Waals surface area contributed by atoms with E-state index in [9.17, 15) is 0 Å². The van der Waals surface area contributed by atoms with E-state index in [1.165, 1.54) is 0 Å². The van der Waals surface area contributed by atoms with Gasteiger partial charge in [-0.2, -0.15) is 0 Å². The Morgan fingerprint density at radius 1 is 1.33 bits per heavy atom. The van der Waals surface area contributed by atoms with Crippen LogP contribution in [-0.2, 0) is 0 Å². The summed E-state index contributed by atoms with van der Waals surface area (Å²) in [6.07, 6.45) is 1.96. The van der Waals surface area contributed by atoms with Crippen molar-refractivity contribution in [2.24, 2.45) is 0 Å². The quantitative estimate of drug-likeness (QED) is 0.575. The van der Waals surface area contributed by atoms with Crippen LogP contribution < -0.4 is 10.1 Å². The number of amidine groups is 2. The van der Waals surface area contributed by atoms with E-state index in [0.29, 0.717) is 11.7 Å². The molecule has 1 aliphatic rings. The van der Waals surface area contributed by atoms with Gasteiger partial charge in [0.15, 0.2) is 0 Å². The number of rotatable bonds is 5. The third-order valence-corrected chi connectivity index (χ3v) is 3.63. The monoisotopic (exact) mass is 288 g/mol. The number of ether oxygens (including phenoxy) is 1. The van der Waals surface area contributed by atoms with Gasteiger partial charge in [0.2, 0.25) is 0 Å². The lowest BCUT2D eigenvalue weighted by Gasteiger charge is -2.18. The molecule has 1 aromatic rings. The predicted molar refractivity (Wildman–Crippen MR) is 85.6 cm³/mol. The van der Waals surface area contributed by atoms with Gasteiger partial charge in [-0.1, -0.05) is 6.92 Å². The van der Waals surface area contributed by atoms with Gasteiger partial charge >= 0.3 is 0 Å². The highest BCUT2D eigenvalue weighted by atomic mass is 16.5. The van der Waals surface area contributed by atoms with Crippen molar-refractivity contribution in [1.29, 1.82) is 10.8 Å². The van der Waals surface area contributed by atoms with Crippen molar-refractivity contribution in [3.63, 3.8) is 0 Å². The van der Waals surface area contributed by atoms with Crippen LogP contribution in [0.4, 0.5) is 0 Å². The van der Waals surface area contributed by atoms with Crippen LogP contribution in [0.25, 0.3) is 0 Å². The van der Waals surface area contributed by atoms with Gasteiger partial charge in [-0.25, -0.2) is 0 Å². The highest BCUT2D eigenvalue weighted by Gasteiger charge is 2.23. The van der Waals surface area contributed by atoms with Gasteiger partial charge in [-0.05, 0) is 44.0 Å². The first kappa shape index (κ1) is 15.4. The highest BCUT2D eigenvalue weighted by Crippen LogP contribution is 2.14. The van der Waals surface area contributed by atoms with E-state index in [0.717, 1.165) is 43.9 Å². The molecule has 1 aliphatic heterocycles. The molecule has 0 radical (unpaired) electrons. The largest absolute Gasteiger partial charge is 0.494 e. The number of hydrogen-bond donors (Lipinski definition) is 3. The third kappa shape index (κ3) is 4.21. The molecule has 114 valence electrons. The van der Waals surface area contributed by atoms with Crippen LogP contribution in [0.5, 0.6) is 5.75 Å². The summed E-state index contributed by atoms with van der Waals surface area (Å²) in [5.74, 6) is 1.88. The number of hydrogen-bond acceptors (Lipinski definition) is 3. The fraction of sp³-hybridized carbons (Fsp3) is 0.500. The molecular formula is C16H24N4O. The molecule has 1 atom stereocenters. The Morgan fingerprint density at radius 2 is 2.05 bits per heavy atom. The molecular weight excluding hydrogens is 264 g/mol. The van der Waals surface area contributed by atoms with Gasteiger partial charge in [-0.3, -0.25) is 10.8 Å². The second-order valence-corrected chi connectivity index (χ2v) is 5.41. The molecule has 2 rings (SSSR count). The van der Waals surface area contributed by atoms with Crippen LogP contribution in [-0.4, -0.2) is 42.3 Å². The third-order valence-electron chi connectivity index (χ3n) is 3.63. The van der Waals surface area contributed by atoms with Crippen molar-refractivity contribution >= 4 is 11.7 Å². The van der Waals surface area contributed by atoms with Crippen molar-refractivity contribution in [2.45, 2.75) is 32.7 Å². The molecule has 0 amide bonds. The Morgan fingerprint density at radius 3 is 2.62 bits per heavy atom. The number of likely N-dealkylation sites (tertiary alicyclic amines) is 1. The fourth-order valence-electron chi connectivity index (χ4n) is 2.41. The minimum Gasteiger partial charge on any atom is -0.494 e. The first-order valence-electron chi connectivity index (χ1n) is 7.48. The van der Waals surface area contributed by atoms with E-state index in [2.05, 4.69) is 12.2 Å². The lowest BCUT2D eigenvalue weighted by atomic mass is 10.1. The van der Waals surface area contributed by atoms with E-state index in [4.69, 9.17) is 15.6 Å². The lowest BCUT2D eigenvalue weighted by Crippen LogP contribution is -2.37. The van der Waals surface area contributed by atoms with Crippen LogP contribution in [0.2, 0.25) is 0 Å². The molecule has 0 spiro atoms. The van der Waals surface area contributed by atoms with Crippen molar-refractivity contribution < 1.29 is 4.74 Å². The first-order valence-corrected chi connectivity index (χ1v) is 7.48. The normalized spacial score (nSPS) is 17.6. The lowest BCUT2D eigenvalue weighted by molar-refractivity contribution is 0.317. The molecule has 1 heterocycles. The molecule has 1 fully saturated rings. The van der Waals surface area contributed by atoms with Gasteiger partial charge in [0.1, 0.15) is 11.6 Å². The Labute approximate surface area is 126 Å². The Balaban J connectivity index is 1.87. The van der Waals surface area contributed by atoms with Gasteiger partial charge in [-0.15, -0.1) is 0 Å². The summed E-state index contributed by atoms with van der Waals surface area (Å²) in [7, 11) is 0. The van der Waals surface area contributed by atoms with Crippen molar-refractivity contribution in [1.82, 2.24) is 10.2 Å². The molecule has 1 aromatic carbocycles. The molecule has 0 aromatic heterocycles. The maximum absolute atomic E-state index is 8.15. The molecule has 5 nitrogen and oxygen atoms in total. The van der Waals surface area contributed by atoms with Crippen molar-refractivity contribution in [3.05, 3.63) is 29.8 Å². The van der Waals surface area contributed by atoms with E-state index < -0.39 is 0 Å². The molecule has 0 aliphatic carbocycles. The minimum absolute atomic E-state index is 0.244. The zero-order valence-electron chi connectivity index (χ0n) is 12.8. The molecule has 0 saturated carbocycles. The summed E-state index contributed by atoms with van der Waals surface area (Å²) in [5, 5.41) is 19.0. The predicted octanol–water partition coefficient (Wildman–Crippen LogP) is 2.46. The Kier molecular flexibility index (Phi) is 5.20. The summed E-state index contributed by atoms with van der Waals surface area (Å²) >= 11 is 0. The average molecular weight is 288 g/mol. The van der Waals surface area contributed by atoms with Crippen LogP contribution >= 0.6 is 0 Å². The SMILES string of the molecule is CCCOc1ccc(C(=N)N[C@H]2CCN(C(C)=N)C2)cc1. The number of benzene rings is 1. The summed E-state index contributed by atoms with van der Waals surface area (Å²) in [6.45, 7) is 6.30. The fourth-order valence-corrected chi connectivity index (χ4v) is 2.41. The maximum Gasteiger partial charge on any atom is 0.125 e. The minimum atomic E-state index is 0.244. The molecule has 5 heteroatoms. The van der Waals surface area contributed by atoms with Crippen LogP contribution in [0.1, 0.15) is 32.3 Å². The van der Waals surface area contributed by atoms with Crippen molar-refractivity contribution in [2.75, 3.05) is 19.7 Å². The maximum atomic E-state index is 8.15. The summed E-state index contributed by atoms with van der Waals surface area (Å²) < 4.78 is 5.54. The van der Waals surface area contributed by atoms with Gasteiger partial charge in [0, 0.05) is 24.7 Å². The average Bonchev–Trinajstić information content (AvgIpc) is 2.94. The topological polar surface area (TPSA) is 72.2 Å². The van der Waals surface area contributed by atoms with E-state index >= 15 is 0 Å².